The summed E-state index contributed by atoms with van der Waals surface area (Å²) in [7, 11) is 1.74. The molecule has 0 radical (unpaired) electrons. The predicted molar refractivity (Wildman–Crippen MR) is 70.7 cm³/mol. The average Bonchev–Trinajstić information content (AvgIpc) is 2.32. The van der Waals surface area contributed by atoms with Crippen molar-refractivity contribution in [3.8, 4) is 0 Å². The lowest BCUT2D eigenvalue weighted by molar-refractivity contribution is -0.173. The Labute approximate surface area is 116 Å². The van der Waals surface area contributed by atoms with Crippen LogP contribution < -0.4 is 5.32 Å². The monoisotopic (exact) mass is 291 g/mol. The summed E-state index contributed by atoms with van der Waals surface area (Å²) in [6.45, 7) is 2.87. The van der Waals surface area contributed by atoms with E-state index in [9.17, 15) is 13.2 Å². The van der Waals surface area contributed by atoms with E-state index >= 15 is 0 Å². The Morgan fingerprint density at radius 1 is 1.30 bits per heavy atom. The number of anilines is 1. The van der Waals surface area contributed by atoms with Crippen molar-refractivity contribution in [2.75, 3.05) is 25.6 Å². The van der Waals surface area contributed by atoms with E-state index < -0.39 is 12.8 Å². The van der Waals surface area contributed by atoms with Crippen molar-refractivity contribution in [2.24, 2.45) is 5.92 Å². The molecule has 0 unspecified atom stereocenters. The van der Waals surface area contributed by atoms with Crippen molar-refractivity contribution in [1.82, 2.24) is 9.97 Å². The fourth-order valence-electron chi connectivity index (χ4n) is 1.67. The molecule has 0 saturated heterocycles. The number of alkyl halides is 3. The summed E-state index contributed by atoms with van der Waals surface area (Å²) in [6.07, 6.45) is -3.24. The molecule has 114 valence electrons. The van der Waals surface area contributed by atoms with Gasteiger partial charge in [0.1, 0.15) is 18.2 Å². The van der Waals surface area contributed by atoms with Gasteiger partial charge in [-0.25, -0.2) is 9.97 Å². The van der Waals surface area contributed by atoms with Crippen LogP contribution in [0.15, 0.2) is 6.07 Å². The van der Waals surface area contributed by atoms with Gasteiger partial charge in [0.05, 0.1) is 6.61 Å². The summed E-state index contributed by atoms with van der Waals surface area (Å²) in [4.78, 5) is 8.55. The number of hydrogen-bond acceptors (Lipinski definition) is 4. The number of nitrogens with zero attached hydrogens (tertiary/aromatic N) is 2. The van der Waals surface area contributed by atoms with Crippen LogP contribution in [-0.4, -0.2) is 36.4 Å². The Morgan fingerprint density at radius 3 is 2.55 bits per heavy atom. The maximum absolute atomic E-state index is 11.9. The standard InChI is InChI=1S/C13H20F3N3O/c1-9(2)6-10-7-12(17-3)19-11(18-10)4-5-20-8-13(14,15)16/h7,9H,4-6,8H2,1-3H3,(H,17,18,19). The molecule has 1 rings (SSSR count). The summed E-state index contributed by atoms with van der Waals surface area (Å²) >= 11 is 0. The third-order valence-electron chi connectivity index (χ3n) is 2.43. The number of aromatic nitrogens is 2. The smallest absolute Gasteiger partial charge is 0.373 e. The largest absolute Gasteiger partial charge is 0.411 e. The van der Waals surface area contributed by atoms with Gasteiger partial charge in [0, 0.05) is 25.2 Å². The molecule has 1 aromatic heterocycles. The van der Waals surface area contributed by atoms with E-state index in [1.165, 1.54) is 0 Å². The highest BCUT2D eigenvalue weighted by Crippen LogP contribution is 2.15. The van der Waals surface area contributed by atoms with Gasteiger partial charge in [0.2, 0.25) is 0 Å². The normalized spacial score (nSPS) is 11.9. The first-order valence-electron chi connectivity index (χ1n) is 6.49. The Balaban J connectivity index is 2.60. The number of halogens is 3. The predicted octanol–water partition coefficient (Wildman–Crippen LogP) is 2.84. The molecule has 7 heteroatoms. The summed E-state index contributed by atoms with van der Waals surface area (Å²) in [5, 5.41) is 2.92. The van der Waals surface area contributed by atoms with E-state index in [-0.39, 0.29) is 13.0 Å². The van der Waals surface area contributed by atoms with Crippen LogP contribution in [0.2, 0.25) is 0 Å². The van der Waals surface area contributed by atoms with Crippen molar-refractivity contribution in [2.45, 2.75) is 32.9 Å². The summed E-state index contributed by atoms with van der Waals surface area (Å²) < 4.78 is 40.4. The molecule has 0 aliphatic rings. The second kappa shape index (κ2) is 7.42. The first-order valence-corrected chi connectivity index (χ1v) is 6.49. The molecule has 1 N–H and O–H groups in total. The third kappa shape index (κ3) is 6.70. The lowest BCUT2D eigenvalue weighted by Gasteiger charge is -2.10. The number of ether oxygens (including phenoxy) is 1. The molecule has 0 aliphatic carbocycles. The van der Waals surface area contributed by atoms with Gasteiger partial charge in [0.25, 0.3) is 0 Å². The highest BCUT2D eigenvalue weighted by molar-refractivity contribution is 5.35. The molecule has 0 atom stereocenters. The molecule has 0 fully saturated rings. The van der Waals surface area contributed by atoms with E-state index in [0.717, 1.165) is 12.1 Å². The SMILES string of the molecule is CNc1cc(CC(C)C)nc(CCOCC(F)(F)F)n1. The Bertz CT molecular complexity index is 422. The van der Waals surface area contributed by atoms with E-state index in [0.29, 0.717) is 17.6 Å². The highest BCUT2D eigenvalue weighted by Gasteiger charge is 2.27. The fraction of sp³-hybridized carbons (Fsp3) is 0.692. The minimum absolute atomic E-state index is 0.0478. The van der Waals surface area contributed by atoms with Crippen LogP contribution in [0.25, 0.3) is 0 Å². The van der Waals surface area contributed by atoms with E-state index in [2.05, 4.69) is 33.9 Å². The van der Waals surface area contributed by atoms with Gasteiger partial charge < -0.3 is 10.1 Å². The molecule has 4 nitrogen and oxygen atoms in total. The molecule has 0 aromatic carbocycles. The van der Waals surface area contributed by atoms with Gasteiger partial charge in [-0.2, -0.15) is 13.2 Å². The third-order valence-corrected chi connectivity index (χ3v) is 2.43. The molecule has 1 aromatic rings. The highest BCUT2D eigenvalue weighted by atomic mass is 19.4. The average molecular weight is 291 g/mol. The molecular weight excluding hydrogens is 271 g/mol. The van der Waals surface area contributed by atoms with Crippen LogP contribution >= 0.6 is 0 Å². The minimum atomic E-state index is -4.30. The maximum atomic E-state index is 11.9. The van der Waals surface area contributed by atoms with Gasteiger partial charge in [-0.05, 0) is 12.3 Å². The number of hydrogen-bond donors (Lipinski definition) is 1. The van der Waals surface area contributed by atoms with E-state index in [1.807, 2.05) is 6.07 Å². The van der Waals surface area contributed by atoms with Crippen LogP contribution in [0.3, 0.4) is 0 Å². The minimum Gasteiger partial charge on any atom is -0.373 e. The molecule has 0 amide bonds. The number of rotatable bonds is 7. The zero-order valence-corrected chi connectivity index (χ0v) is 11.9. The lowest BCUT2D eigenvalue weighted by atomic mass is 10.1. The summed E-state index contributed by atoms with van der Waals surface area (Å²) in [5.74, 6) is 1.61. The summed E-state index contributed by atoms with van der Waals surface area (Å²) in [5.41, 5.74) is 0.880. The van der Waals surface area contributed by atoms with Gasteiger partial charge in [-0.3, -0.25) is 0 Å². The van der Waals surface area contributed by atoms with Gasteiger partial charge in [0.15, 0.2) is 0 Å². The number of nitrogens with one attached hydrogen (secondary N) is 1. The zero-order valence-electron chi connectivity index (χ0n) is 11.9. The topological polar surface area (TPSA) is 47.0 Å². The van der Waals surface area contributed by atoms with Crippen molar-refractivity contribution in [3.05, 3.63) is 17.6 Å². The first-order chi connectivity index (χ1) is 9.30. The molecule has 20 heavy (non-hydrogen) atoms. The lowest BCUT2D eigenvalue weighted by Crippen LogP contribution is -2.18. The van der Waals surface area contributed by atoms with Crippen LogP contribution in [-0.2, 0) is 17.6 Å². The van der Waals surface area contributed by atoms with Gasteiger partial charge >= 0.3 is 6.18 Å². The molecule has 0 saturated carbocycles. The Kier molecular flexibility index (Phi) is 6.19. The van der Waals surface area contributed by atoms with Crippen LogP contribution in [0.5, 0.6) is 0 Å². The molecule has 0 bridgehead atoms. The van der Waals surface area contributed by atoms with Crippen molar-refractivity contribution in [1.29, 1.82) is 0 Å². The quantitative estimate of drug-likeness (QED) is 0.785. The van der Waals surface area contributed by atoms with E-state index in [4.69, 9.17) is 0 Å². The van der Waals surface area contributed by atoms with E-state index in [1.54, 1.807) is 7.05 Å². The molecule has 0 spiro atoms. The second-order valence-corrected chi connectivity index (χ2v) is 4.93. The van der Waals surface area contributed by atoms with Crippen LogP contribution in [0.1, 0.15) is 25.4 Å². The van der Waals surface area contributed by atoms with Crippen molar-refractivity contribution in [3.63, 3.8) is 0 Å². The summed E-state index contributed by atoms with van der Waals surface area (Å²) in [6, 6.07) is 1.85. The Morgan fingerprint density at radius 2 is 2.00 bits per heavy atom. The molecular formula is C13H20F3N3O. The maximum Gasteiger partial charge on any atom is 0.411 e. The van der Waals surface area contributed by atoms with Crippen LogP contribution in [0, 0.1) is 5.92 Å². The fourth-order valence-corrected chi connectivity index (χ4v) is 1.67. The molecule has 0 aliphatic heterocycles. The zero-order chi connectivity index (χ0) is 15.2. The van der Waals surface area contributed by atoms with Gasteiger partial charge in [-0.1, -0.05) is 13.8 Å². The van der Waals surface area contributed by atoms with Gasteiger partial charge in [-0.15, -0.1) is 0 Å². The van der Waals surface area contributed by atoms with Crippen molar-refractivity contribution >= 4 is 5.82 Å². The molecule has 1 heterocycles. The van der Waals surface area contributed by atoms with Crippen LogP contribution in [0.4, 0.5) is 19.0 Å². The van der Waals surface area contributed by atoms with Crippen molar-refractivity contribution < 1.29 is 17.9 Å². The Hall–Kier alpha value is -1.37. The first kappa shape index (κ1) is 16.7. The second-order valence-electron chi connectivity index (χ2n) is 4.93.